The molecule has 0 radical (unpaired) electrons. The lowest BCUT2D eigenvalue weighted by Gasteiger charge is -1.96. The maximum Gasteiger partial charge on any atom is 0.321 e. The standard InChI is InChI=1S/C12H14FN3O/c1-2-6-14-12-15-11(16-17-12)8-9-4-3-5-10(13)7-9/h3-5,7H,2,6,8H2,1H3,(H,14,15,16). The second-order valence-electron chi connectivity index (χ2n) is 3.75. The van der Waals surface area contributed by atoms with E-state index in [1.807, 2.05) is 6.07 Å². The van der Waals surface area contributed by atoms with Crippen molar-refractivity contribution in [2.75, 3.05) is 11.9 Å². The van der Waals surface area contributed by atoms with Gasteiger partial charge in [-0.05, 0) is 24.1 Å². The second-order valence-corrected chi connectivity index (χ2v) is 3.75. The Balaban J connectivity index is 2.01. The van der Waals surface area contributed by atoms with Crippen LogP contribution in [0.15, 0.2) is 28.8 Å². The number of nitrogens with one attached hydrogen (secondary N) is 1. The Morgan fingerprint density at radius 1 is 1.41 bits per heavy atom. The highest BCUT2D eigenvalue weighted by Crippen LogP contribution is 2.10. The predicted molar refractivity (Wildman–Crippen MR) is 62.3 cm³/mol. The summed E-state index contributed by atoms with van der Waals surface area (Å²) in [5.74, 6) is 0.296. The molecule has 0 bridgehead atoms. The Bertz CT molecular complexity index is 484. The second kappa shape index (κ2) is 5.43. The van der Waals surface area contributed by atoms with Gasteiger partial charge in [-0.1, -0.05) is 24.2 Å². The van der Waals surface area contributed by atoms with E-state index in [4.69, 9.17) is 4.52 Å². The van der Waals surface area contributed by atoms with Gasteiger partial charge in [-0.2, -0.15) is 4.98 Å². The smallest absolute Gasteiger partial charge is 0.321 e. The van der Waals surface area contributed by atoms with Crippen LogP contribution in [0.2, 0.25) is 0 Å². The van der Waals surface area contributed by atoms with Gasteiger partial charge in [0.2, 0.25) is 0 Å². The first-order valence-corrected chi connectivity index (χ1v) is 5.59. The first-order chi connectivity index (χ1) is 8.28. The van der Waals surface area contributed by atoms with Crippen LogP contribution in [0.4, 0.5) is 10.4 Å². The maximum atomic E-state index is 13.0. The van der Waals surface area contributed by atoms with E-state index in [0.29, 0.717) is 18.3 Å². The Hall–Kier alpha value is -1.91. The van der Waals surface area contributed by atoms with Gasteiger partial charge < -0.3 is 9.84 Å². The van der Waals surface area contributed by atoms with Crippen LogP contribution in [0.1, 0.15) is 24.7 Å². The Morgan fingerprint density at radius 3 is 3.06 bits per heavy atom. The monoisotopic (exact) mass is 235 g/mol. The van der Waals surface area contributed by atoms with Crippen LogP contribution in [0, 0.1) is 5.82 Å². The molecule has 0 aliphatic heterocycles. The molecule has 17 heavy (non-hydrogen) atoms. The van der Waals surface area contributed by atoms with E-state index in [1.54, 1.807) is 6.07 Å². The molecule has 0 amide bonds. The lowest BCUT2D eigenvalue weighted by molar-refractivity contribution is 0.423. The van der Waals surface area contributed by atoms with Gasteiger partial charge in [0.25, 0.3) is 0 Å². The maximum absolute atomic E-state index is 13.0. The van der Waals surface area contributed by atoms with Gasteiger partial charge in [-0.15, -0.1) is 0 Å². The number of rotatable bonds is 5. The Morgan fingerprint density at radius 2 is 2.29 bits per heavy atom. The molecule has 1 heterocycles. The Kier molecular flexibility index (Phi) is 3.69. The molecule has 4 nitrogen and oxygen atoms in total. The van der Waals surface area contributed by atoms with E-state index >= 15 is 0 Å². The highest BCUT2D eigenvalue weighted by Gasteiger charge is 2.06. The minimum absolute atomic E-state index is 0.254. The number of nitrogens with zero attached hydrogens (tertiary/aromatic N) is 2. The van der Waals surface area contributed by atoms with Crippen LogP contribution in [-0.2, 0) is 6.42 Å². The van der Waals surface area contributed by atoms with E-state index in [0.717, 1.165) is 18.5 Å². The molecule has 2 aromatic rings. The fourth-order valence-corrected chi connectivity index (χ4v) is 1.46. The molecule has 0 saturated heterocycles. The summed E-state index contributed by atoms with van der Waals surface area (Å²) in [4.78, 5) is 4.16. The van der Waals surface area contributed by atoms with Crippen LogP contribution in [-0.4, -0.2) is 16.7 Å². The number of anilines is 1. The molecular formula is C12H14FN3O. The minimum atomic E-state index is -0.254. The number of hydrogen-bond donors (Lipinski definition) is 1. The van der Waals surface area contributed by atoms with Crippen molar-refractivity contribution < 1.29 is 8.91 Å². The van der Waals surface area contributed by atoms with E-state index in [9.17, 15) is 4.39 Å². The molecule has 0 aliphatic carbocycles. The number of aromatic nitrogens is 2. The molecule has 1 aromatic heterocycles. The van der Waals surface area contributed by atoms with Gasteiger partial charge in [-0.25, -0.2) is 4.39 Å². The third kappa shape index (κ3) is 3.27. The highest BCUT2D eigenvalue weighted by atomic mass is 19.1. The average molecular weight is 235 g/mol. The molecule has 0 saturated carbocycles. The van der Waals surface area contributed by atoms with Crippen LogP contribution >= 0.6 is 0 Å². The van der Waals surface area contributed by atoms with Crippen LogP contribution in [0.5, 0.6) is 0 Å². The zero-order chi connectivity index (χ0) is 12.1. The fraction of sp³-hybridized carbons (Fsp3) is 0.333. The Labute approximate surface area is 98.8 Å². The molecule has 0 fully saturated rings. The number of benzene rings is 1. The van der Waals surface area contributed by atoms with Crippen molar-refractivity contribution in [3.63, 3.8) is 0 Å². The first kappa shape index (κ1) is 11.6. The van der Waals surface area contributed by atoms with E-state index in [1.165, 1.54) is 12.1 Å². The number of hydrogen-bond acceptors (Lipinski definition) is 4. The highest BCUT2D eigenvalue weighted by molar-refractivity contribution is 5.23. The van der Waals surface area contributed by atoms with Crippen LogP contribution in [0.25, 0.3) is 0 Å². The van der Waals surface area contributed by atoms with Crippen molar-refractivity contribution in [3.8, 4) is 0 Å². The third-order valence-electron chi connectivity index (χ3n) is 2.25. The van der Waals surface area contributed by atoms with Gasteiger partial charge in [0.15, 0.2) is 5.82 Å². The van der Waals surface area contributed by atoms with Crippen molar-refractivity contribution in [1.82, 2.24) is 10.1 Å². The van der Waals surface area contributed by atoms with Crippen molar-refractivity contribution in [2.45, 2.75) is 19.8 Å². The summed E-state index contributed by atoms with van der Waals surface area (Å²) in [5, 5.41) is 6.82. The summed E-state index contributed by atoms with van der Waals surface area (Å²) in [6.07, 6.45) is 1.46. The summed E-state index contributed by atoms with van der Waals surface area (Å²) < 4.78 is 18.0. The lowest BCUT2D eigenvalue weighted by Crippen LogP contribution is -1.99. The van der Waals surface area contributed by atoms with E-state index < -0.39 is 0 Å². The minimum Gasteiger partial charge on any atom is -0.338 e. The molecule has 90 valence electrons. The van der Waals surface area contributed by atoms with Crippen LogP contribution < -0.4 is 5.32 Å². The quantitative estimate of drug-likeness (QED) is 0.865. The molecule has 0 unspecified atom stereocenters. The molecule has 0 atom stereocenters. The fourth-order valence-electron chi connectivity index (χ4n) is 1.46. The molecule has 1 aromatic carbocycles. The number of halogens is 1. The third-order valence-corrected chi connectivity index (χ3v) is 2.25. The zero-order valence-electron chi connectivity index (χ0n) is 9.61. The molecule has 0 aliphatic rings. The van der Waals surface area contributed by atoms with Crippen molar-refractivity contribution in [2.24, 2.45) is 0 Å². The molecule has 2 rings (SSSR count). The van der Waals surface area contributed by atoms with Gasteiger partial charge in [0.05, 0.1) is 0 Å². The topological polar surface area (TPSA) is 51.0 Å². The average Bonchev–Trinajstić information content (AvgIpc) is 2.74. The van der Waals surface area contributed by atoms with Gasteiger partial charge >= 0.3 is 6.01 Å². The largest absolute Gasteiger partial charge is 0.338 e. The molecule has 5 heteroatoms. The molecule has 1 N–H and O–H groups in total. The lowest BCUT2D eigenvalue weighted by atomic mass is 10.1. The van der Waals surface area contributed by atoms with Crippen LogP contribution in [0.3, 0.4) is 0 Å². The van der Waals surface area contributed by atoms with Crippen molar-refractivity contribution in [3.05, 3.63) is 41.5 Å². The summed E-state index contributed by atoms with van der Waals surface area (Å²) in [5.41, 5.74) is 0.827. The summed E-state index contributed by atoms with van der Waals surface area (Å²) in [6, 6.07) is 6.79. The predicted octanol–water partition coefficient (Wildman–Crippen LogP) is 2.62. The normalized spacial score (nSPS) is 10.5. The first-order valence-electron chi connectivity index (χ1n) is 5.59. The molecular weight excluding hydrogens is 221 g/mol. The summed E-state index contributed by atoms with van der Waals surface area (Å²) in [6.45, 7) is 2.85. The van der Waals surface area contributed by atoms with E-state index in [2.05, 4.69) is 22.4 Å². The van der Waals surface area contributed by atoms with Gasteiger partial charge in [0, 0.05) is 13.0 Å². The van der Waals surface area contributed by atoms with Crippen molar-refractivity contribution >= 4 is 6.01 Å². The summed E-state index contributed by atoms with van der Waals surface area (Å²) in [7, 11) is 0. The van der Waals surface area contributed by atoms with Gasteiger partial charge in [-0.3, -0.25) is 0 Å². The van der Waals surface area contributed by atoms with Crippen molar-refractivity contribution in [1.29, 1.82) is 0 Å². The summed E-state index contributed by atoms with van der Waals surface area (Å²) >= 11 is 0. The molecule has 0 spiro atoms. The zero-order valence-corrected chi connectivity index (χ0v) is 9.61. The van der Waals surface area contributed by atoms with E-state index in [-0.39, 0.29) is 5.82 Å². The van der Waals surface area contributed by atoms with Gasteiger partial charge in [0.1, 0.15) is 5.82 Å². The SMILES string of the molecule is CCCNc1nc(Cc2cccc(F)c2)no1.